The predicted octanol–water partition coefficient (Wildman–Crippen LogP) is 4.65. The van der Waals surface area contributed by atoms with Crippen LogP contribution in [0.25, 0.3) is 0 Å². The van der Waals surface area contributed by atoms with Crippen molar-refractivity contribution in [3.8, 4) is 0 Å². The quantitative estimate of drug-likeness (QED) is 0.483. The van der Waals surface area contributed by atoms with Crippen molar-refractivity contribution in [1.82, 2.24) is 0 Å². The van der Waals surface area contributed by atoms with Gasteiger partial charge in [0.05, 0.1) is 0 Å². The third kappa shape index (κ3) is 11.2. The summed E-state index contributed by atoms with van der Waals surface area (Å²) >= 11 is 3.86. The molecular formula is C14H28OS2. The molecule has 3 heteroatoms. The van der Waals surface area contributed by atoms with Crippen molar-refractivity contribution in [2.45, 2.75) is 52.9 Å². The zero-order valence-corrected chi connectivity index (χ0v) is 13.3. The third-order valence-electron chi connectivity index (χ3n) is 2.69. The molecule has 0 bridgehead atoms. The summed E-state index contributed by atoms with van der Waals surface area (Å²) in [5, 5.41) is 0. The number of thioether (sulfide) groups is 2. The minimum atomic E-state index is 0.253. The van der Waals surface area contributed by atoms with E-state index in [1.54, 1.807) is 0 Å². The predicted molar refractivity (Wildman–Crippen MR) is 83.3 cm³/mol. The Bertz CT molecular complexity index is 183. The van der Waals surface area contributed by atoms with Gasteiger partial charge < -0.3 is 0 Å². The molecule has 1 nitrogen and oxygen atoms in total. The highest BCUT2D eigenvalue weighted by Gasteiger charge is 2.12. The highest BCUT2D eigenvalue weighted by molar-refractivity contribution is 7.99. The summed E-state index contributed by atoms with van der Waals surface area (Å²) in [6.07, 6.45) is 5.83. The fraction of sp³-hybridized carbons (Fsp3) is 0.929. The molecule has 0 aromatic carbocycles. The summed E-state index contributed by atoms with van der Waals surface area (Å²) in [4.78, 5) is 11.8. The SMILES string of the molecule is CCCCSCCC(=O)C(C)CSCCCC. The van der Waals surface area contributed by atoms with Gasteiger partial charge in [-0.3, -0.25) is 4.79 Å². The van der Waals surface area contributed by atoms with Crippen molar-refractivity contribution in [2.24, 2.45) is 5.92 Å². The molecule has 0 fully saturated rings. The van der Waals surface area contributed by atoms with Crippen molar-refractivity contribution in [3.05, 3.63) is 0 Å². The van der Waals surface area contributed by atoms with Crippen LogP contribution < -0.4 is 0 Å². The molecule has 0 radical (unpaired) electrons. The van der Waals surface area contributed by atoms with E-state index in [-0.39, 0.29) is 5.92 Å². The molecule has 17 heavy (non-hydrogen) atoms. The normalized spacial score (nSPS) is 12.6. The fourth-order valence-corrected chi connectivity index (χ4v) is 3.61. The second-order valence-electron chi connectivity index (χ2n) is 4.51. The van der Waals surface area contributed by atoms with Gasteiger partial charge in [-0.05, 0) is 24.3 Å². The lowest BCUT2D eigenvalue weighted by molar-refractivity contribution is -0.121. The van der Waals surface area contributed by atoms with E-state index in [4.69, 9.17) is 0 Å². The van der Waals surface area contributed by atoms with Crippen molar-refractivity contribution >= 4 is 29.3 Å². The van der Waals surface area contributed by atoms with E-state index in [2.05, 4.69) is 20.8 Å². The van der Waals surface area contributed by atoms with Crippen LogP contribution in [0.3, 0.4) is 0 Å². The van der Waals surface area contributed by atoms with Crippen LogP contribution in [0.5, 0.6) is 0 Å². The van der Waals surface area contributed by atoms with Crippen molar-refractivity contribution in [2.75, 3.05) is 23.0 Å². The molecule has 1 atom stereocenters. The molecule has 0 aliphatic rings. The third-order valence-corrected chi connectivity index (χ3v) is 5.08. The van der Waals surface area contributed by atoms with E-state index in [1.807, 2.05) is 23.5 Å². The van der Waals surface area contributed by atoms with Gasteiger partial charge in [-0.1, -0.05) is 33.6 Å². The van der Waals surface area contributed by atoms with Crippen LogP contribution in [0.4, 0.5) is 0 Å². The second kappa shape index (κ2) is 12.8. The lowest BCUT2D eigenvalue weighted by atomic mass is 10.1. The molecule has 102 valence electrons. The number of carbonyl (C=O) groups excluding carboxylic acids is 1. The van der Waals surface area contributed by atoms with E-state index in [0.717, 1.165) is 17.9 Å². The zero-order valence-electron chi connectivity index (χ0n) is 11.7. The summed E-state index contributed by atoms with van der Waals surface area (Å²) in [6.45, 7) is 6.50. The summed E-state index contributed by atoms with van der Waals surface area (Å²) in [7, 11) is 0. The fourth-order valence-electron chi connectivity index (χ4n) is 1.37. The first-order valence-corrected chi connectivity index (χ1v) is 9.21. The van der Waals surface area contributed by atoms with Crippen molar-refractivity contribution < 1.29 is 4.79 Å². The zero-order chi connectivity index (χ0) is 12.9. The number of rotatable bonds is 12. The lowest BCUT2D eigenvalue weighted by Gasteiger charge is -2.09. The standard InChI is InChI=1S/C14H28OS2/c1-4-6-9-16-11-8-14(15)13(3)12-17-10-7-5-2/h13H,4-12H2,1-3H3. The van der Waals surface area contributed by atoms with E-state index < -0.39 is 0 Å². The molecule has 0 spiro atoms. The first-order chi connectivity index (χ1) is 8.22. The first-order valence-electron chi connectivity index (χ1n) is 6.90. The first kappa shape index (κ1) is 17.4. The summed E-state index contributed by atoms with van der Waals surface area (Å²) in [6, 6.07) is 0. The number of carbonyl (C=O) groups is 1. The molecule has 0 aromatic rings. The number of hydrogen-bond donors (Lipinski definition) is 0. The molecule has 1 unspecified atom stereocenters. The maximum Gasteiger partial charge on any atom is 0.137 e. The number of Topliss-reactive ketones (excluding diaryl/α,β-unsaturated/α-hetero) is 1. The highest BCUT2D eigenvalue weighted by Crippen LogP contribution is 2.14. The molecule has 0 aliphatic carbocycles. The van der Waals surface area contributed by atoms with Gasteiger partial charge in [0.1, 0.15) is 5.78 Å². The van der Waals surface area contributed by atoms with Crippen LogP contribution in [-0.2, 0) is 4.79 Å². The molecule has 0 N–H and O–H groups in total. The van der Waals surface area contributed by atoms with Crippen molar-refractivity contribution in [3.63, 3.8) is 0 Å². The molecule has 0 aromatic heterocycles. The van der Waals surface area contributed by atoms with E-state index in [0.29, 0.717) is 5.78 Å². The molecule has 0 amide bonds. The van der Waals surface area contributed by atoms with Crippen LogP contribution in [-0.4, -0.2) is 28.8 Å². The Hall–Kier alpha value is 0.370. The van der Waals surface area contributed by atoms with Crippen LogP contribution in [0.2, 0.25) is 0 Å². The Kier molecular flexibility index (Phi) is 13.1. The Balaban J connectivity index is 3.40. The summed E-state index contributed by atoms with van der Waals surface area (Å²) in [5.41, 5.74) is 0. The van der Waals surface area contributed by atoms with Crippen LogP contribution in [0.15, 0.2) is 0 Å². The number of ketones is 1. The summed E-state index contributed by atoms with van der Waals surface area (Å²) < 4.78 is 0. The highest BCUT2D eigenvalue weighted by atomic mass is 32.2. The topological polar surface area (TPSA) is 17.1 Å². The monoisotopic (exact) mass is 276 g/mol. The number of hydrogen-bond acceptors (Lipinski definition) is 3. The number of unbranched alkanes of at least 4 members (excludes halogenated alkanes) is 2. The molecule has 0 heterocycles. The van der Waals surface area contributed by atoms with E-state index >= 15 is 0 Å². The van der Waals surface area contributed by atoms with Gasteiger partial charge in [0.2, 0.25) is 0 Å². The summed E-state index contributed by atoms with van der Waals surface area (Å²) in [5.74, 6) is 5.16. The van der Waals surface area contributed by atoms with Gasteiger partial charge in [0.15, 0.2) is 0 Å². The largest absolute Gasteiger partial charge is 0.299 e. The van der Waals surface area contributed by atoms with Gasteiger partial charge in [-0.2, -0.15) is 23.5 Å². The van der Waals surface area contributed by atoms with Gasteiger partial charge in [0, 0.05) is 23.8 Å². The Labute approximate surface area is 116 Å². The molecule has 0 rings (SSSR count). The Morgan fingerprint density at radius 1 is 1.00 bits per heavy atom. The van der Waals surface area contributed by atoms with Crippen LogP contribution >= 0.6 is 23.5 Å². The smallest absolute Gasteiger partial charge is 0.137 e. The molecular weight excluding hydrogens is 248 g/mol. The van der Waals surface area contributed by atoms with Crippen molar-refractivity contribution in [1.29, 1.82) is 0 Å². The minimum Gasteiger partial charge on any atom is -0.299 e. The lowest BCUT2D eigenvalue weighted by Crippen LogP contribution is -2.14. The van der Waals surface area contributed by atoms with Gasteiger partial charge in [0.25, 0.3) is 0 Å². The maximum absolute atomic E-state index is 11.8. The second-order valence-corrected chi connectivity index (χ2v) is 6.89. The average Bonchev–Trinajstić information content (AvgIpc) is 2.34. The van der Waals surface area contributed by atoms with Crippen LogP contribution in [0.1, 0.15) is 52.9 Å². The van der Waals surface area contributed by atoms with Gasteiger partial charge in [-0.15, -0.1) is 0 Å². The van der Waals surface area contributed by atoms with E-state index in [1.165, 1.54) is 37.2 Å². The van der Waals surface area contributed by atoms with E-state index in [9.17, 15) is 4.79 Å². The van der Waals surface area contributed by atoms with Gasteiger partial charge >= 0.3 is 0 Å². The average molecular weight is 277 g/mol. The Morgan fingerprint density at radius 3 is 2.18 bits per heavy atom. The Morgan fingerprint density at radius 2 is 1.59 bits per heavy atom. The minimum absolute atomic E-state index is 0.253. The molecule has 0 saturated heterocycles. The van der Waals surface area contributed by atoms with Gasteiger partial charge in [-0.25, -0.2) is 0 Å². The maximum atomic E-state index is 11.8. The van der Waals surface area contributed by atoms with Crippen LogP contribution in [0, 0.1) is 5.92 Å². The molecule has 0 aliphatic heterocycles. The molecule has 0 saturated carbocycles.